The maximum atomic E-state index is 14.0. The number of aromatic nitrogens is 3. The monoisotopic (exact) mass is 475 g/mol. The number of piperazine rings is 1. The smallest absolute Gasteiger partial charge is 0.433 e. The van der Waals surface area contributed by atoms with Crippen LogP contribution in [0.15, 0.2) is 30.5 Å². The number of alkyl halides is 3. The Kier molecular flexibility index (Phi) is 5.59. The van der Waals surface area contributed by atoms with Crippen LogP contribution in [0.5, 0.6) is 11.5 Å². The molecule has 0 N–H and O–H groups in total. The highest BCUT2D eigenvalue weighted by Crippen LogP contribution is 2.36. The Bertz CT molecular complexity index is 1240. The largest absolute Gasteiger partial charge is 0.493 e. The van der Waals surface area contributed by atoms with Gasteiger partial charge in [0, 0.05) is 31.2 Å². The fourth-order valence-corrected chi connectivity index (χ4v) is 4.81. The molecule has 0 saturated carbocycles. The van der Waals surface area contributed by atoms with E-state index in [4.69, 9.17) is 9.47 Å². The van der Waals surface area contributed by atoms with Gasteiger partial charge in [-0.05, 0) is 43.7 Å². The van der Waals surface area contributed by atoms with Gasteiger partial charge < -0.3 is 14.4 Å². The second-order valence-corrected chi connectivity index (χ2v) is 8.47. The van der Waals surface area contributed by atoms with Crippen LogP contribution in [0.2, 0.25) is 0 Å². The number of ether oxygens (including phenoxy) is 2. The van der Waals surface area contributed by atoms with E-state index >= 15 is 0 Å². The van der Waals surface area contributed by atoms with Gasteiger partial charge in [0.2, 0.25) is 0 Å². The quantitative estimate of drug-likeness (QED) is 0.577. The molecular weight excluding hydrogens is 451 g/mol. The number of halogens is 3. The first-order valence-electron chi connectivity index (χ1n) is 11.0. The van der Waals surface area contributed by atoms with Crippen LogP contribution in [0.3, 0.4) is 0 Å². The maximum Gasteiger partial charge on any atom is 0.433 e. The number of amides is 1. The molecule has 8 nitrogen and oxygen atoms in total. The minimum atomic E-state index is -4.70. The molecule has 1 amide bonds. The fraction of sp³-hybridized carbons (Fsp3) is 0.435. The van der Waals surface area contributed by atoms with Gasteiger partial charge in [-0.25, -0.2) is 9.50 Å². The average molecular weight is 475 g/mol. The minimum Gasteiger partial charge on any atom is -0.493 e. The van der Waals surface area contributed by atoms with Gasteiger partial charge in [-0.1, -0.05) is 0 Å². The summed E-state index contributed by atoms with van der Waals surface area (Å²) in [6.07, 6.45) is -1.42. The first kappa shape index (κ1) is 22.5. The Morgan fingerprint density at radius 3 is 2.62 bits per heavy atom. The Morgan fingerprint density at radius 2 is 1.88 bits per heavy atom. The molecule has 1 atom stereocenters. The molecule has 3 aromatic rings. The molecule has 2 saturated heterocycles. The molecule has 2 aromatic heterocycles. The van der Waals surface area contributed by atoms with Crippen LogP contribution in [-0.4, -0.2) is 76.7 Å². The molecule has 34 heavy (non-hydrogen) atoms. The third kappa shape index (κ3) is 3.83. The third-order valence-electron chi connectivity index (χ3n) is 6.55. The zero-order valence-corrected chi connectivity index (χ0v) is 18.8. The SMILES string of the molecule is COc1ccc(-c2cc(C(F)(F)F)n3ncc(C(=O)N4CCN5CCC[C@@H]5C4)c3n2)cc1OC. The van der Waals surface area contributed by atoms with Gasteiger partial charge in [0.05, 0.1) is 26.1 Å². The van der Waals surface area contributed by atoms with E-state index in [2.05, 4.69) is 15.0 Å². The summed E-state index contributed by atoms with van der Waals surface area (Å²) in [5, 5.41) is 3.89. The van der Waals surface area contributed by atoms with Crippen molar-refractivity contribution in [2.24, 2.45) is 0 Å². The first-order chi connectivity index (χ1) is 16.3. The molecule has 0 unspecified atom stereocenters. The van der Waals surface area contributed by atoms with Crippen LogP contribution >= 0.6 is 0 Å². The number of hydrogen-bond donors (Lipinski definition) is 0. The Hall–Kier alpha value is -3.34. The van der Waals surface area contributed by atoms with E-state index in [0.717, 1.165) is 32.0 Å². The highest BCUT2D eigenvalue weighted by atomic mass is 19.4. The molecule has 2 aliphatic heterocycles. The number of carbonyl (C=O) groups is 1. The Balaban J connectivity index is 1.59. The lowest BCUT2D eigenvalue weighted by Crippen LogP contribution is -2.52. The summed E-state index contributed by atoms with van der Waals surface area (Å²) >= 11 is 0. The first-order valence-corrected chi connectivity index (χ1v) is 11.0. The van der Waals surface area contributed by atoms with Crippen molar-refractivity contribution in [2.75, 3.05) is 40.4 Å². The number of nitrogens with zero attached hydrogens (tertiary/aromatic N) is 5. The lowest BCUT2D eigenvalue weighted by Gasteiger charge is -2.37. The Labute approximate surface area is 193 Å². The molecule has 2 fully saturated rings. The molecule has 180 valence electrons. The fourth-order valence-electron chi connectivity index (χ4n) is 4.81. The van der Waals surface area contributed by atoms with E-state index < -0.39 is 11.9 Å². The van der Waals surface area contributed by atoms with Crippen molar-refractivity contribution in [1.29, 1.82) is 0 Å². The van der Waals surface area contributed by atoms with Gasteiger partial charge in [0.15, 0.2) is 22.8 Å². The second kappa shape index (κ2) is 8.46. The summed E-state index contributed by atoms with van der Waals surface area (Å²) in [5.74, 6) is 0.441. The molecule has 11 heteroatoms. The van der Waals surface area contributed by atoms with Gasteiger partial charge >= 0.3 is 6.18 Å². The molecule has 0 radical (unpaired) electrons. The lowest BCUT2D eigenvalue weighted by atomic mass is 10.1. The van der Waals surface area contributed by atoms with Crippen LogP contribution in [0.4, 0.5) is 13.2 Å². The molecule has 0 spiro atoms. The number of rotatable bonds is 4. The summed E-state index contributed by atoms with van der Waals surface area (Å²) < 4.78 is 53.1. The second-order valence-electron chi connectivity index (χ2n) is 8.47. The van der Waals surface area contributed by atoms with Crippen LogP contribution in [0.25, 0.3) is 16.9 Å². The predicted octanol–water partition coefficient (Wildman–Crippen LogP) is 3.35. The topological polar surface area (TPSA) is 72.2 Å². The van der Waals surface area contributed by atoms with Crippen molar-refractivity contribution in [3.63, 3.8) is 0 Å². The molecule has 2 aliphatic rings. The summed E-state index contributed by atoms with van der Waals surface area (Å²) in [6, 6.07) is 5.96. The third-order valence-corrected chi connectivity index (χ3v) is 6.55. The summed E-state index contributed by atoms with van der Waals surface area (Å²) in [4.78, 5) is 21.8. The number of benzene rings is 1. The minimum absolute atomic E-state index is 0.0518. The van der Waals surface area contributed by atoms with Crippen LogP contribution < -0.4 is 9.47 Å². The zero-order valence-electron chi connectivity index (χ0n) is 18.8. The lowest BCUT2D eigenvalue weighted by molar-refractivity contribution is -0.142. The van der Waals surface area contributed by atoms with Crippen LogP contribution in [0.1, 0.15) is 28.9 Å². The van der Waals surface area contributed by atoms with Crippen molar-refractivity contribution in [2.45, 2.75) is 25.1 Å². The number of methoxy groups -OCH3 is 2. The maximum absolute atomic E-state index is 14.0. The normalized spacial score (nSPS) is 18.9. The molecule has 5 rings (SSSR count). The van der Waals surface area contributed by atoms with Gasteiger partial charge in [-0.15, -0.1) is 0 Å². The Morgan fingerprint density at radius 1 is 1.09 bits per heavy atom. The highest BCUT2D eigenvalue weighted by molar-refractivity contribution is 6.00. The van der Waals surface area contributed by atoms with Crippen molar-refractivity contribution < 1.29 is 27.4 Å². The standard InChI is InChI=1S/C23H24F3N5O3/c1-33-18-6-5-14(10-19(18)34-2)17-11-20(23(24,25)26)31-21(28-17)16(12-27-31)22(32)30-9-8-29-7-3-4-15(29)13-30/h5-6,10-12,15H,3-4,7-9,13H2,1-2H3/t15-/m1/s1. The van der Waals surface area contributed by atoms with Gasteiger partial charge in [0.1, 0.15) is 5.56 Å². The summed E-state index contributed by atoms with van der Waals surface area (Å²) in [5.41, 5.74) is -0.638. The van der Waals surface area contributed by atoms with E-state index in [-0.39, 0.29) is 22.8 Å². The number of fused-ring (bicyclic) bond motifs is 2. The van der Waals surface area contributed by atoms with Crippen molar-refractivity contribution in [3.8, 4) is 22.8 Å². The zero-order chi connectivity index (χ0) is 24.0. The van der Waals surface area contributed by atoms with Gasteiger partial charge in [-0.3, -0.25) is 9.69 Å². The van der Waals surface area contributed by atoms with Crippen molar-refractivity contribution in [3.05, 3.63) is 41.7 Å². The summed E-state index contributed by atoms with van der Waals surface area (Å²) in [6.45, 7) is 2.86. The van der Waals surface area contributed by atoms with Gasteiger partial charge in [0.25, 0.3) is 5.91 Å². The molecular formula is C23H24F3N5O3. The van der Waals surface area contributed by atoms with E-state index in [1.54, 1.807) is 23.1 Å². The van der Waals surface area contributed by atoms with E-state index in [1.165, 1.54) is 20.4 Å². The molecule has 0 bridgehead atoms. The number of carbonyl (C=O) groups excluding carboxylic acids is 1. The number of hydrogen-bond acceptors (Lipinski definition) is 6. The van der Waals surface area contributed by atoms with Crippen molar-refractivity contribution in [1.82, 2.24) is 24.4 Å². The molecule has 1 aromatic carbocycles. The predicted molar refractivity (Wildman–Crippen MR) is 117 cm³/mol. The van der Waals surface area contributed by atoms with E-state index in [1.807, 2.05) is 0 Å². The van der Waals surface area contributed by atoms with E-state index in [9.17, 15) is 18.0 Å². The average Bonchev–Trinajstić information content (AvgIpc) is 3.48. The summed E-state index contributed by atoms with van der Waals surface area (Å²) in [7, 11) is 2.91. The van der Waals surface area contributed by atoms with Gasteiger partial charge in [-0.2, -0.15) is 18.3 Å². The van der Waals surface area contributed by atoms with Crippen molar-refractivity contribution >= 4 is 11.6 Å². The highest BCUT2D eigenvalue weighted by Gasteiger charge is 2.37. The van der Waals surface area contributed by atoms with Crippen LogP contribution in [-0.2, 0) is 6.18 Å². The molecule has 4 heterocycles. The molecule has 0 aliphatic carbocycles. The van der Waals surface area contributed by atoms with E-state index in [0.29, 0.717) is 40.7 Å². The van der Waals surface area contributed by atoms with Crippen LogP contribution in [0, 0.1) is 0 Å².